The summed E-state index contributed by atoms with van der Waals surface area (Å²) in [4.78, 5) is 11.5. The molecule has 1 rings (SSSR count). The fourth-order valence-corrected chi connectivity index (χ4v) is 1.37. The predicted octanol–water partition coefficient (Wildman–Crippen LogP) is 5.70. The van der Waals surface area contributed by atoms with Crippen molar-refractivity contribution in [3.63, 3.8) is 0 Å². The molecule has 0 fully saturated rings. The summed E-state index contributed by atoms with van der Waals surface area (Å²) in [5.74, 6) is 0. The van der Waals surface area contributed by atoms with Gasteiger partial charge in [0, 0.05) is 5.69 Å². The fourth-order valence-electron chi connectivity index (χ4n) is 1.37. The molecule has 0 atom stereocenters. The van der Waals surface area contributed by atoms with Crippen LogP contribution in [0.15, 0.2) is 18.2 Å². The summed E-state index contributed by atoms with van der Waals surface area (Å²) in [5.41, 5.74) is 2.53. The molecule has 3 heteroatoms. The molecule has 0 aliphatic heterocycles. The summed E-state index contributed by atoms with van der Waals surface area (Å²) in [5, 5.41) is 2.73. The van der Waals surface area contributed by atoms with Gasteiger partial charge in [-0.1, -0.05) is 45.4 Å². The number of rotatable bonds is 1. The third-order valence-electron chi connectivity index (χ3n) is 2.02. The van der Waals surface area contributed by atoms with Crippen molar-refractivity contribution >= 4 is 11.8 Å². The monoisotopic (exact) mass is 281 g/mol. The van der Waals surface area contributed by atoms with Crippen LogP contribution in [-0.2, 0) is 4.74 Å². The van der Waals surface area contributed by atoms with Gasteiger partial charge in [-0.05, 0) is 46.2 Å². The third-order valence-corrected chi connectivity index (χ3v) is 2.02. The van der Waals surface area contributed by atoms with Crippen molar-refractivity contribution < 1.29 is 9.53 Å². The maximum atomic E-state index is 11.5. The Hall–Kier alpha value is -1.51. The van der Waals surface area contributed by atoms with E-state index in [1.165, 1.54) is 5.56 Å². The van der Waals surface area contributed by atoms with Gasteiger partial charge in [0.2, 0.25) is 0 Å². The summed E-state index contributed by atoms with van der Waals surface area (Å²) in [7, 11) is 0. The van der Waals surface area contributed by atoms with Gasteiger partial charge in [-0.15, -0.1) is 0 Å². The number of benzene rings is 1. The Kier molecular flexibility index (Phi) is 10.7. The molecule has 1 amide bonds. The number of amides is 1. The van der Waals surface area contributed by atoms with Crippen LogP contribution in [0.3, 0.4) is 0 Å². The van der Waals surface area contributed by atoms with Crippen LogP contribution in [0.25, 0.3) is 0 Å². The summed E-state index contributed by atoms with van der Waals surface area (Å²) in [6.45, 7) is 17.5. The first-order valence-corrected chi connectivity index (χ1v) is 7.35. The van der Waals surface area contributed by atoms with Crippen molar-refractivity contribution in [1.82, 2.24) is 0 Å². The average Bonchev–Trinajstić information content (AvgIpc) is 2.36. The van der Waals surface area contributed by atoms with E-state index in [1.54, 1.807) is 0 Å². The first-order valence-electron chi connectivity index (χ1n) is 7.35. The van der Waals surface area contributed by atoms with Crippen molar-refractivity contribution in [2.24, 2.45) is 0 Å². The summed E-state index contributed by atoms with van der Waals surface area (Å²) >= 11 is 0. The molecule has 0 aliphatic carbocycles. The number of carbonyl (C=O) groups excluding carboxylic acids is 1. The molecule has 3 nitrogen and oxygen atoms in total. The van der Waals surface area contributed by atoms with Crippen LogP contribution in [0.4, 0.5) is 10.5 Å². The lowest BCUT2D eigenvalue weighted by Crippen LogP contribution is -2.27. The molecule has 1 aromatic rings. The Bertz CT molecular complexity index is 392. The van der Waals surface area contributed by atoms with Gasteiger partial charge in [-0.2, -0.15) is 0 Å². The zero-order chi connectivity index (χ0) is 16.3. The summed E-state index contributed by atoms with van der Waals surface area (Å²) < 4.78 is 5.18. The quantitative estimate of drug-likeness (QED) is 0.716. The number of hydrogen-bond acceptors (Lipinski definition) is 2. The van der Waals surface area contributed by atoms with Crippen molar-refractivity contribution in [2.45, 2.75) is 67.9 Å². The topological polar surface area (TPSA) is 38.3 Å². The zero-order valence-corrected chi connectivity index (χ0v) is 14.5. The molecule has 1 N–H and O–H groups in total. The van der Waals surface area contributed by atoms with E-state index in [1.807, 2.05) is 80.5 Å². The van der Waals surface area contributed by atoms with Crippen molar-refractivity contribution in [3.05, 3.63) is 29.3 Å². The van der Waals surface area contributed by atoms with Gasteiger partial charge in [-0.3, -0.25) is 5.32 Å². The Labute approximate surface area is 124 Å². The molecule has 0 unspecified atom stereocenters. The van der Waals surface area contributed by atoms with Crippen LogP contribution >= 0.6 is 0 Å². The molecule has 0 saturated heterocycles. The second kappa shape index (κ2) is 10.3. The lowest BCUT2D eigenvalue weighted by Gasteiger charge is -2.20. The van der Waals surface area contributed by atoms with Crippen LogP contribution in [0.2, 0.25) is 0 Å². The average molecular weight is 281 g/mol. The smallest absolute Gasteiger partial charge is 0.412 e. The highest BCUT2D eigenvalue weighted by molar-refractivity contribution is 5.85. The van der Waals surface area contributed by atoms with E-state index < -0.39 is 11.7 Å². The lowest BCUT2D eigenvalue weighted by molar-refractivity contribution is 0.0636. The first kappa shape index (κ1) is 20.8. The largest absolute Gasteiger partial charge is 0.444 e. The summed E-state index contributed by atoms with van der Waals surface area (Å²) in [6.07, 6.45) is -0.417. The van der Waals surface area contributed by atoms with Gasteiger partial charge >= 0.3 is 6.09 Å². The van der Waals surface area contributed by atoms with Gasteiger partial charge in [0.15, 0.2) is 0 Å². The first-order chi connectivity index (χ1) is 9.28. The second-order valence-corrected chi connectivity index (χ2v) is 4.95. The maximum absolute atomic E-state index is 11.5. The number of nitrogens with one attached hydrogen (secondary N) is 1. The SMILES string of the molecule is CC.CC.Cc1ccc(NC(=O)OC(C)(C)C)c(C)c1. The summed E-state index contributed by atoms with van der Waals surface area (Å²) in [6, 6.07) is 5.86. The number of ether oxygens (including phenoxy) is 1. The van der Waals surface area contributed by atoms with Crippen molar-refractivity contribution in [3.8, 4) is 0 Å². The number of hydrogen-bond donors (Lipinski definition) is 1. The molecule has 0 aliphatic rings. The molecule has 0 saturated carbocycles. The minimum absolute atomic E-state index is 0.417. The number of carbonyl (C=O) groups is 1. The Balaban J connectivity index is 0. The van der Waals surface area contributed by atoms with Gasteiger partial charge in [0.1, 0.15) is 5.60 Å². The van der Waals surface area contributed by atoms with Crippen LogP contribution in [0, 0.1) is 13.8 Å². The maximum Gasteiger partial charge on any atom is 0.412 e. The van der Waals surface area contributed by atoms with E-state index in [4.69, 9.17) is 4.74 Å². The normalized spacial score (nSPS) is 9.45. The van der Waals surface area contributed by atoms with Crippen LogP contribution in [0.5, 0.6) is 0 Å². The van der Waals surface area contributed by atoms with E-state index in [2.05, 4.69) is 5.32 Å². The standard InChI is InChI=1S/C13H19NO2.2C2H6/c1-9-6-7-11(10(2)8-9)14-12(15)16-13(3,4)5;2*1-2/h6-8H,1-5H3,(H,14,15);2*1-2H3. The molecule has 0 aromatic heterocycles. The van der Waals surface area contributed by atoms with Crippen LogP contribution in [-0.4, -0.2) is 11.7 Å². The molecular weight excluding hydrogens is 250 g/mol. The van der Waals surface area contributed by atoms with Gasteiger partial charge in [0.05, 0.1) is 0 Å². The third kappa shape index (κ3) is 9.42. The number of anilines is 1. The predicted molar refractivity (Wildman–Crippen MR) is 88.5 cm³/mol. The molecule has 0 bridgehead atoms. The fraction of sp³-hybridized carbons (Fsp3) is 0.588. The highest BCUT2D eigenvalue weighted by Gasteiger charge is 2.16. The molecule has 0 radical (unpaired) electrons. The minimum Gasteiger partial charge on any atom is -0.444 e. The van der Waals surface area contributed by atoms with Gasteiger partial charge in [-0.25, -0.2) is 4.79 Å². The van der Waals surface area contributed by atoms with E-state index in [0.29, 0.717) is 0 Å². The van der Waals surface area contributed by atoms with Crippen LogP contribution < -0.4 is 5.32 Å². The molecule has 0 spiro atoms. The van der Waals surface area contributed by atoms with E-state index in [0.717, 1.165) is 11.3 Å². The van der Waals surface area contributed by atoms with Crippen molar-refractivity contribution in [1.29, 1.82) is 0 Å². The highest BCUT2D eigenvalue weighted by atomic mass is 16.6. The number of aryl methyl sites for hydroxylation is 2. The molecule has 116 valence electrons. The van der Waals surface area contributed by atoms with Gasteiger partial charge in [0.25, 0.3) is 0 Å². The Morgan fingerprint density at radius 2 is 1.55 bits per heavy atom. The molecule has 0 heterocycles. The Morgan fingerprint density at radius 3 is 1.95 bits per heavy atom. The zero-order valence-electron chi connectivity index (χ0n) is 14.5. The lowest BCUT2D eigenvalue weighted by atomic mass is 10.1. The van der Waals surface area contributed by atoms with Crippen molar-refractivity contribution in [2.75, 3.05) is 5.32 Å². The van der Waals surface area contributed by atoms with Gasteiger partial charge < -0.3 is 4.74 Å². The molecule has 1 aromatic carbocycles. The van der Waals surface area contributed by atoms with E-state index in [9.17, 15) is 4.79 Å². The van der Waals surface area contributed by atoms with Crippen LogP contribution in [0.1, 0.15) is 59.6 Å². The highest BCUT2D eigenvalue weighted by Crippen LogP contribution is 2.17. The molecular formula is C17H31NO2. The van der Waals surface area contributed by atoms with E-state index in [-0.39, 0.29) is 0 Å². The minimum atomic E-state index is -0.470. The molecule has 20 heavy (non-hydrogen) atoms. The Morgan fingerprint density at radius 1 is 1.05 bits per heavy atom. The second-order valence-electron chi connectivity index (χ2n) is 4.95. The van der Waals surface area contributed by atoms with E-state index >= 15 is 0 Å².